The Bertz CT molecular complexity index is 610. The van der Waals surface area contributed by atoms with Crippen molar-refractivity contribution in [1.29, 1.82) is 0 Å². The number of methoxy groups -OCH3 is 1. The molecule has 124 valence electrons. The molecule has 4 nitrogen and oxygen atoms in total. The zero-order valence-corrected chi connectivity index (χ0v) is 14.6. The van der Waals surface area contributed by atoms with E-state index in [2.05, 4.69) is 9.89 Å². The minimum atomic E-state index is -0.905. The summed E-state index contributed by atoms with van der Waals surface area (Å²) in [5, 5.41) is 0.689. The molecule has 1 fully saturated rings. The van der Waals surface area contributed by atoms with Gasteiger partial charge in [-0.1, -0.05) is 37.6 Å². The third-order valence-electron chi connectivity index (χ3n) is 4.91. The van der Waals surface area contributed by atoms with Gasteiger partial charge in [-0.05, 0) is 42.4 Å². The van der Waals surface area contributed by atoms with E-state index >= 15 is 0 Å². The smallest absolute Gasteiger partial charge is 0.336 e. The highest BCUT2D eigenvalue weighted by Gasteiger charge is 2.55. The molecular formula is C18H23ClN2O2. The van der Waals surface area contributed by atoms with Gasteiger partial charge in [0.25, 0.3) is 0 Å². The Kier molecular flexibility index (Phi) is 4.37. The van der Waals surface area contributed by atoms with Crippen molar-refractivity contribution in [3.8, 4) is 0 Å². The van der Waals surface area contributed by atoms with E-state index in [1.54, 1.807) is 0 Å². The second-order valence-corrected chi connectivity index (χ2v) is 7.25. The van der Waals surface area contributed by atoms with Crippen molar-refractivity contribution in [3.05, 3.63) is 34.9 Å². The highest BCUT2D eigenvalue weighted by molar-refractivity contribution is 6.30. The molecule has 0 aromatic heterocycles. The topological polar surface area (TPSA) is 41.9 Å². The van der Waals surface area contributed by atoms with E-state index in [1.165, 1.54) is 20.0 Å². The van der Waals surface area contributed by atoms with E-state index in [0.717, 1.165) is 12.1 Å². The standard InChI is InChI=1S/C18H23ClN2O2/c1-12(2)18(17(22)23-3)16(14-6-8-15(19)9-7-14)21(11-20-18)10-13-4-5-13/h6-9,11-13,16H,4-5,10H2,1-3H3. The zero-order valence-electron chi connectivity index (χ0n) is 13.8. The van der Waals surface area contributed by atoms with Gasteiger partial charge in [-0.25, -0.2) is 4.79 Å². The van der Waals surface area contributed by atoms with Crippen LogP contribution in [0.3, 0.4) is 0 Å². The van der Waals surface area contributed by atoms with Crippen LogP contribution >= 0.6 is 11.6 Å². The third kappa shape index (κ3) is 2.85. The molecule has 1 heterocycles. The fourth-order valence-electron chi connectivity index (χ4n) is 3.43. The van der Waals surface area contributed by atoms with Crippen LogP contribution in [0.1, 0.15) is 38.3 Å². The van der Waals surface area contributed by atoms with Crippen molar-refractivity contribution >= 4 is 23.9 Å². The molecule has 2 unspecified atom stereocenters. The van der Waals surface area contributed by atoms with Gasteiger partial charge in [-0.15, -0.1) is 0 Å². The molecule has 0 saturated heterocycles. The van der Waals surface area contributed by atoms with E-state index < -0.39 is 5.54 Å². The first kappa shape index (κ1) is 16.3. The van der Waals surface area contributed by atoms with Crippen molar-refractivity contribution in [1.82, 2.24) is 4.90 Å². The highest BCUT2D eigenvalue weighted by atomic mass is 35.5. The SMILES string of the molecule is COC(=O)C1(C(C)C)N=CN(CC2CC2)C1c1ccc(Cl)cc1. The molecule has 2 aliphatic rings. The molecular weight excluding hydrogens is 312 g/mol. The lowest BCUT2D eigenvalue weighted by atomic mass is 9.77. The van der Waals surface area contributed by atoms with Gasteiger partial charge in [0.2, 0.25) is 0 Å². The Hall–Kier alpha value is -1.55. The molecule has 1 aromatic carbocycles. The van der Waals surface area contributed by atoms with E-state index in [9.17, 15) is 4.79 Å². The number of rotatable bonds is 5. The van der Waals surface area contributed by atoms with Gasteiger partial charge in [-0.2, -0.15) is 0 Å². The Morgan fingerprint density at radius 1 is 1.39 bits per heavy atom. The lowest BCUT2D eigenvalue weighted by Crippen LogP contribution is -2.50. The maximum atomic E-state index is 12.7. The lowest BCUT2D eigenvalue weighted by molar-refractivity contribution is -0.150. The van der Waals surface area contributed by atoms with Crippen LogP contribution in [0.5, 0.6) is 0 Å². The number of carbonyl (C=O) groups excluding carboxylic acids is 1. The summed E-state index contributed by atoms with van der Waals surface area (Å²) in [4.78, 5) is 19.6. The summed E-state index contributed by atoms with van der Waals surface area (Å²) in [6.45, 7) is 4.98. The second-order valence-electron chi connectivity index (χ2n) is 6.81. The summed E-state index contributed by atoms with van der Waals surface area (Å²) in [5.41, 5.74) is 0.143. The number of nitrogens with zero attached hydrogens (tertiary/aromatic N) is 2. The van der Waals surface area contributed by atoms with Crippen LogP contribution in [0.2, 0.25) is 5.02 Å². The van der Waals surface area contributed by atoms with E-state index in [4.69, 9.17) is 16.3 Å². The summed E-state index contributed by atoms with van der Waals surface area (Å²) in [6, 6.07) is 7.57. The number of aliphatic imine (C=N–C) groups is 1. The lowest BCUT2D eigenvalue weighted by Gasteiger charge is -2.38. The number of hydrogen-bond donors (Lipinski definition) is 0. The fourth-order valence-corrected chi connectivity index (χ4v) is 3.56. The van der Waals surface area contributed by atoms with E-state index in [0.29, 0.717) is 10.9 Å². The zero-order chi connectivity index (χ0) is 16.6. The summed E-state index contributed by atoms with van der Waals surface area (Å²) in [6.07, 6.45) is 4.35. The van der Waals surface area contributed by atoms with Crippen LogP contribution in [0.15, 0.2) is 29.3 Å². The number of benzene rings is 1. The summed E-state index contributed by atoms with van der Waals surface area (Å²) in [5.74, 6) is 0.454. The molecule has 1 saturated carbocycles. The second kappa shape index (κ2) is 6.16. The van der Waals surface area contributed by atoms with Crippen molar-refractivity contribution in [3.63, 3.8) is 0 Å². The normalized spacial score (nSPS) is 26.8. The molecule has 0 spiro atoms. The Balaban J connectivity index is 2.04. The van der Waals surface area contributed by atoms with E-state index in [-0.39, 0.29) is 17.9 Å². The largest absolute Gasteiger partial charge is 0.467 e. The number of ether oxygens (including phenoxy) is 1. The fraction of sp³-hybridized carbons (Fsp3) is 0.556. The molecule has 3 rings (SSSR count). The molecule has 1 aliphatic heterocycles. The Morgan fingerprint density at radius 3 is 2.57 bits per heavy atom. The molecule has 0 bridgehead atoms. The Labute approximate surface area is 142 Å². The monoisotopic (exact) mass is 334 g/mol. The quantitative estimate of drug-likeness (QED) is 0.771. The Morgan fingerprint density at radius 2 is 2.04 bits per heavy atom. The van der Waals surface area contributed by atoms with Gasteiger partial charge in [-0.3, -0.25) is 4.99 Å². The third-order valence-corrected chi connectivity index (χ3v) is 5.16. The van der Waals surface area contributed by atoms with Crippen molar-refractivity contribution in [2.24, 2.45) is 16.8 Å². The summed E-state index contributed by atoms with van der Waals surface area (Å²) < 4.78 is 5.14. The molecule has 1 aliphatic carbocycles. The number of halogens is 1. The minimum Gasteiger partial charge on any atom is -0.467 e. The number of carbonyl (C=O) groups is 1. The molecule has 2 atom stereocenters. The predicted molar refractivity (Wildman–Crippen MR) is 91.7 cm³/mol. The average molecular weight is 335 g/mol. The number of hydrogen-bond acceptors (Lipinski definition) is 4. The van der Waals surface area contributed by atoms with Crippen LogP contribution in [0.25, 0.3) is 0 Å². The highest BCUT2D eigenvalue weighted by Crippen LogP contribution is 2.46. The molecule has 0 N–H and O–H groups in total. The van der Waals surface area contributed by atoms with Gasteiger partial charge in [0.15, 0.2) is 5.54 Å². The first-order chi connectivity index (χ1) is 11.0. The molecule has 0 radical (unpaired) electrons. The molecule has 0 amide bonds. The maximum Gasteiger partial charge on any atom is 0.336 e. The van der Waals surface area contributed by atoms with Gasteiger partial charge in [0.05, 0.1) is 19.5 Å². The predicted octanol–water partition coefficient (Wildman–Crippen LogP) is 3.70. The summed E-state index contributed by atoms with van der Waals surface area (Å²) in [7, 11) is 1.43. The van der Waals surface area contributed by atoms with Crippen LogP contribution in [0.4, 0.5) is 0 Å². The van der Waals surface area contributed by atoms with Crippen molar-refractivity contribution in [2.75, 3.05) is 13.7 Å². The maximum absolute atomic E-state index is 12.7. The van der Waals surface area contributed by atoms with Crippen LogP contribution in [0, 0.1) is 11.8 Å². The van der Waals surface area contributed by atoms with Gasteiger partial charge >= 0.3 is 5.97 Å². The first-order valence-corrected chi connectivity index (χ1v) is 8.51. The molecule has 23 heavy (non-hydrogen) atoms. The molecule has 5 heteroatoms. The minimum absolute atomic E-state index is 0.0241. The average Bonchev–Trinajstić information content (AvgIpc) is 3.26. The van der Waals surface area contributed by atoms with Crippen LogP contribution in [-0.4, -0.2) is 36.4 Å². The molecule has 1 aromatic rings. The van der Waals surface area contributed by atoms with Gasteiger partial charge in [0.1, 0.15) is 0 Å². The van der Waals surface area contributed by atoms with Gasteiger partial charge in [0, 0.05) is 11.6 Å². The van der Waals surface area contributed by atoms with Crippen molar-refractivity contribution in [2.45, 2.75) is 38.3 Å². The van der Waals surface area contributed by atoms with Gasteiger partial charge < -0.3 is 9.64 Å². The van der Waals surface area contributed by atoms with Crippen molar-refractivity contribution < 1.29 is 9.53 Å². The van der Waals surface area contributed by atoms with Crippen LogP contribution in [-0.2, 0) is 9.53 Å². The van der Waals surface area contributed by atoms with Crippen LogP contribution < -0.4 is 0 Å². The first-order valence-electron chi connectivity index (χ1n) is 8.14. The number of esters is 1. The van der Waals surface area contributed by atoms with E-state index in [1.807, 2.05) is 44.5 Å². The summed E-state index contributed by atoms with van der Waals surface area (Å²) >= 11 is 6.04.